The van der Waals surface area contributed by atoms with Gasteiger partial charge in [0.15, 0.2) is 0 Å². The Bertz CT molecular complexity index is 299. The molecule has 0 radical (unpaired) electrons. The minimum atomic E-state index is -0.230. The normalized spacial score (nSPS) is 15.5. The van der Waals surface area contributed by atoms with E-state index in [1.165, 1.54) is 31.0 Å². The highest BCUT2D eigenvalue weighted by Crippen LogP contribution is 2.24. The predicted molar refractivity (Wildman–Crippen MR) is 76.0 cm³/mol. The highest BCUT2D eigenvalue weighted by molar-refractivity contribution is 8.25. The SMILES string of the molecule is C=C(CC(=O)OCC)SC(=S)N1CCCCC1. The number of carbonyl (C=O) groups excluding carboxylic acids is 1. The monoisotopic (exact) mass is 273 g/mol. The third-order valence-corrected chi connectivity index (χ3v) is 3.87. The molecule has 0 saturated carbocycles. The van der Waals surface area contributed by atoms with Crippen LogP contribution in [-0.4, -0.2) is 34.9 Å². The van der Waals surface area contributed by atoms with Gasteiger partial charge < -0.3 is 9.64 Å². The van der Waals surface area contributed by atoms with Gasteiger partial charge in [0, 0.05) is 13.1 Å². The van der Waals surface area contributed by atoms with E-state index < -0.39 is 0 Å². The predicted octanol–water partition coefficient (Wildman–Crippen LogP) is 2.96. The van der Waals surface area contributed by atoms with Crippen molar-refractivity contribution in [3.05, 3.63) is 11.5 Å². The molecule has 0 unspecified atom stereocenters. The maximum absolute atomic E-state index is 11.3. The number of hydrogen-bond donors (Lipinski definition) is 0. The fraction of sp³-hybridized carbons (Fsp3) is 0.667. The number of hydrogen-bond acceptors (Lipinski definition) is 4. The number of nitrogens with zero attached hydrogens (tertiary/aromatic N) is 1. The number of ether oxygens (including phenoxy) is 1. The van der Waals surface area contributed by atoms with Crippen LogP contribution < -0.4 is 0 Å². The molecule has 0 aromatic rings. The minimum Gasteiger partial charge on any atom is -0.466 e. The Labute approximate surface area is 113 Å². The Morgan fingerprint density at radius 3 is 2.65 bits per heavy atom. The molecule has 0 spiro atoms. The smallest absolute Gasteiger partial charge is 0.310 e. The molecule has 0 aromatic heterocycles. The Kier molecular flexibility index (Phi) is 6.58. The van der Waals surface area contributed by atoms with E-state index in [1.54, 1.807) is 6.92 Å². The molecule has 1 heterocycles. The van der Waals surface area contributed by atoms with E-state index in [4.69, 9.17) is 17.0 Å². The third kappa shape index (κ3) is 5.55. The molecule has 1 rings (SSSR count). The van der Waals surface area contributed by atoms with Crippen molar-refractivity contribution in [2.45, 2.75) is 32.6 Å². The lowest BCUT2D eigenvalue weighted by atomic mass is 10.1. The Balaban J connectivity index is 2.29. The van der Waals surface area contributed by atoms with Crippen LogP contribution in [0.2, 0.25) is 0 Å². The van der Waals surface area contributed by atoms with Gasteiger partial charge in [-0.1, -0.05) is 30.6 Å². The molecule has 0 atom stereocenters. The second kappa shape index (κ2) is 7.71. The standard InChI is InChI=1S/C12H19NO2S2/c1-3-15-11(14)9-10(2)17-12(16)13-7-5-4-6-8-13/h2-9H2,1H3. The van der Waals surface area contributed by atoms with Crippen molar-refractivity contribution in [2.75, 3.05) is 19.7 Å². The van der Waals surface area contributed by atoms with E-state index in [9.17, 15) is 4.79 Å². The van der Waals surface area contributed by atoms with Gasteiger partial charge in [0.05, 0.1) is 13.0 Å². The highest BCUT2D eigenvalue weighted by Gasteiger charge is 2.15. The Morgan fingerprint density at radius 2 is 2.06 bits per heavy atom. The highest BCUT2D eigenvalue weighted by atomic mass is 32.2. The maximum atomic E-state index is 11.3. The van der Waals surface area contributed by atoms with Gasteiger partial charge in [-0.15, -0.1) is 0 Å². The molecule has 0 bridgehead atoms. The van der Waals surface area contributed by atoms with Crippen LogP contribution >= 0.6 is 24.0 Å². The summed E-state index contributed by atoms with van der Waals surface area (Å²) in [6.07, 6.45) is 3.93. The number of carbonyl (C=O) groups is 1. The molecule has 1 fully saturated rings. The largest absolute Gasteiger partial charge is 0.466 e. The first-order chi connectivity index (χ1) is 8.13. The lowest BCUT2D eigenvalue weighted by Gasteiger charge is -2.28. The molecule has 1 aliphatic rings. The molecule has 0 aromatic carbocycles. The molecular weight excluding hydrogens is 254 g/mol. The summed E-state index contributed by atoms with van der Waals surface area (Å²) >= 11 is 6.77. The summed E-state index contributed by atoms with van der Waals surface area (Å²) in [4.78, 5) is 14.2. The van der Waals surface area contributed by atoms with Crippen molar-refractivity contribution in [2.24, 2.45) is 0 Å². The van der Waals surface area contributed by atoms with Crippen LogP contribution in [0.3, 0.4) is 0 Å². The quantitative estimate of drug-likeness (QED) is 0.580. The molecule has 0 aliphatic carbocycles. The Hall–Kier alpha value is -0.550. The van der Waals surface area contributed by atoms with E-state index in [0.29, 0.717) is 6.61 Å². The number of likely N-dealkylation sites (tertiary alicyclic amines) is 1. The first-order valence-electron chi connectivity index (χ1n) is 5.93. The second-order valence-corrected chi connectivity index (χ2v) is 5.75. The zero-order chi connectivity index (χ0) is 12.7. The molecule has 0 amide bonds. The number of thiocarbonyl (C=S) groups is 1. The van der Waals surface area contributed by atoms with Gasteiger partial charge >= 0.3 is 5.97 Å². The van der Waals surface area contributed by atoms with Crippen molar-refractivity contribution < 1.29 is 9.53 Å². The summed E-state index contributed by atoms with van der Waals surface area (Å²) in [6, 6.07) is 0. The van der Waals surface area contributed by atoms with E-state index in [2.05, 4.69) is 11.5 Å². The van der Waals surface area contributed by atoms with Crippen LogP contribution in [0.15, 0.2) is 11.5 Å². The number of piperidine rings is 1. The van der Waals surface area contributed by atoms with Crippen LogP contribution in [-0.2, 0) is 9.53 Å². The summed E-state index contributed by atoms with van der Waals surface area (Å²) in [5.74, 6) is -0.230. The van der Waals surface area contributed by atoms with Crippen LogP contribution in [0, 0.1) is 0 Å². The molecule has 1 aliphatic heterocycles. The first kappa shape index (κ1) is 14.5. The Morgan fingerprint density at radius 1 is 1.41 bits per heavy atom. The van der Waals surface area contributed by atoms with Gasteiger partial charge in [-0.2, -0.15) is 0 Å². The van der Waals surface area contributed by atoms with E-state index in [1.807, 2.05) is 0 Å². The summed E-state index contributed by atoms with van der Waals surface area (Å²) < 4.78 is 5.70. The van der Waals surface area contributed by atoms with Gasteiger partial charge in [0.25, 0.3) is 0 Å². The number of rotatable bonds is 4. The topological polar surface area (TPSA) is 29.5 Å². The molecule has 3 nitrogen and oxygen atoms in total. The van der Waals surface area contributed by atoms with Gasteiger partial charge in [0.2, 0.25) is 0 Å². The van der Waals surface area contributed by atoms with Gasteiger partial charge in [0.1, 0.15) is 4.32 Å². The van der Waals surface area contributed by atoms with E-state index in [0.717, 1.165) is 22.3 Å². The van der Waals surface area contributed by atoms with Crippen molar-refractivity contribution >= 4 is 34.3 Å². The summed E-state index contributed by atoms with van der Waals surface area (Å²) in [7, 11) is 0. The average molecular weight is 273 g/mol. The summed E-state index contributed by atoms with van der Waals surface area (Å²) in [5.41, 5.74) is 0. The molecule has 5 heteroatoms. The number of esters is 1. The zero-order valence-corrected chi connectivity index (χ0v) is 11.9. The molecule has 17 heavy (non-hydrogen) atoms. The maximum Gasteiger partial charge on any atom is 0.310 e. The van der Waals surface area contributed by atoms with Crippen molar-refractivity contribution in [3.63, 3.8) is 0 Å². The minimum absolute atomic E-state index is 0.230. The third-order valence-electron chi connectivity index (χ3n) is 2.49. The molecule has 96 valence electrons. The fourth-order valence-electron chi connectivity index (χ4n) is 1.67. The van der Waals surface area contributed by atoms with E-state index in [-0.39, 0.29) is 12.4 Å². The van der Waals surface area contributed by atoms with Crippen molar-refractivity contribution in [1.29, 1.82) is 0 Å². The van der Waals surface area contributed by atoms with Crippen LogP contribution in [0.1, 0.15) is 32.6 Å². The molecule has 0 N–H and O–H groups in total. The summed E-state index contributed by atoms with van der Waals surface area (Å²) in [6.45, 7) is 8.12. The van der Waals surface area contributed by atoms with Gasteiger partial charge in [-0.05, 0) is 31.1 Å². The molecular formula is C12H19NO2S2. The van der Waals surface area contributed by atoms with Crippen molar-refractivity contribution in [3.8, 4) is 0 Å². The lowest BCUT2D eigenvalue weighted by Crippen LogP contribution is -2.32. The first-order valence-corrected chi connectivity index (χ1v) is 7.16. The zero-order valence-electron chi connectivity index (χ0n) is 10.2. The summed E-state index contributed by atoms with van der Waals surface area (Å²) in [5, 5.41) is 0. The van der Waals surface area contributed by atoms with Crippen LogP contribution in [0.4, 0.5) is 0 Å². The fourth-order valence-corrected chi connectivity index (χ4v) is 2.96. The van der Waals surface area contributed by atoms with Crippen molar-refractivity contribution in [1.82, 2.24) is 4.90 Å². The molecule has 1 saturated heterocycles. The van der Waals surface area contributed by atoms with Crippen LogP contribution in [0.5, 0.6) is 0 Å². The lowest BCUT2D eigenvalue weighted by molar-refractivity contribution is -0.142. The van der Waals surface area contributed by atoms with Crippen LogP contribution in [0.25, 0.3) is 0 Å². The average Bonchev–Trinajstić information content (AvgIpc) is 2.30. The van der Waals surface area contributed by atoms with E-state index >= 15 is 0 Å². The van der Waals surface area contributed by atoms with Gasteiger partial charge in [-0.3, -0.25) is 4.79 Å². The number of thioether (sulfide) groups is 1. The van der Waals surface area contributed by atoms with Gasteiger partial charge in [-0.25, -0.2) is 0 Å². The second-order valence-electron chi connectivity index (χ2n) is 3.94.